The number of ether oxygens (including phenoxy) is 1. The molecule has 1 saturated heterocycles. The number of aliphatic hydroxyl groups excluding tert-OH is 2. The summed E-state index contributed by atoms with van der Waals surface area (Å²) < 4.78 is 6.69. The van der Waals surface area contributed by atoms with E-state index in [2.05, 4.69) is 4.98 Å². The van der Waals surface area contributed by atoms with Crippen LogP contribution >= 0.6 is 0 Å². The Balaban J connectivity index is 1.91. The van der Waals surface area contributed by atoms with E-state index in [1.54, 1.807) is 12.2 Å². The van der Waals surface area contributed by atoms with Gasteiger partial charge in [-0.15, -0.1) is 0 Å². The van der Waals surface area contributed by atoms with Gasteiger partial charge in [0.25, 0.3) is 5.56 Å². The highest BCUT2D eigenvalue weighted by molar-refractivity contribution is 5.68. The van der Waals surface area contributed by atoms with E-state index in [0.717, 1.165) is 5.56 Å². The van der Waals surface area contributed by atoms with E-state index in [1.807, 2.05) is 30.3 Å². The van der Waals surface area contributed by atoms with Crippen molar-refractivity contribution < 1.29 is 14.9 Å². The van der Waals surface area contributed by atoms with Crippen molar-refractivity contribution in [3.63, 3.8) is 0 Å². The van der Waals surface area contributed by atoms with E-state index in [1.165, 1.54) is 10.8 Å². The molecule has 7 nitrogen and oxygen atoms in total. The van der Waals surface area contributed by atoms with Crippen molar-refractivity contribution in [3.05, 3.63) is 68.5 Å². The second-order valence-electron chi connectivity index (χ2n) is 5.61. The first-order chi connectivity index (χ1) is 11.6. The van der Waals surface area contributed by atoms with E-state index >= 15 is 0 Å². The summed E-state index contributed by atoms with van der Waals surface area (Å²) in [5, 5.41) is 18.9. The van der Waals surface area contributed by atoms with Gasteiger partial charge in [-0.1, -0.05) is 36.4 Å². The fourth-order valence-corrected chi connectivity index (χ4v) is 2.63. The lowest BCUT2D eigenvalue weighted by atomic mass is 10.2. The first-order valence-corrected chi connectivity index (χ1v) is 7.61. The van der Waals surface area contributed by atoms with Crippen LogP contribution in [0.3, 0.4) is 0 Å². The summed E-state index contributed by atoms with van der Waals surface area (Å²) in [4.78, 5) is 26.2. The summed E-state index contributed by atoms with van der Waals surface area (Å²) in [6, 6.07) is 9.44. The summed E-state index contributed by atoms with van der Waals surface area (Å²) in [7, 11) is 0. The molecule has 1 fully saturated rings. The molecular weight excluding hydrogens is 312 g/mol. The summed E-state index contributed by atoms with van der Waals surface area (Å²) >= 11 is 0. The first kappa shape index (κ1) is 16.4. The number of hydrogen-bond donors (Lipinski definition) is 3. The Morgan fingerprint density at radius 1 is 1.25 bits per heavy atom. The Morgan fingerprint density at radius 2 is 2.00 bits per heavy atom. The number of nitrogens with one attached hydrogen (secondary N) is 1. The lowest BCUT2D eigenvalue weighted by Gasteiger charge is -2.14. The van der Waals surface area contributed by atoms with Gasteiger partial charge in [0.15, 0.2) is 0 Å². The molecule has 0 radical (unpaired) electrons. The molecule has 3 unspecified atom stereocenters. The van der Waals surface area contributed by atoms with Crippen molar-refractivity contribution in [1.29, 1.82) is 0 Å². The number of benzene rings is 1. The highest BCUT2D eigenvalue weighted by Gasteiger charge is 2.35. The number of H-pyrrole nitrogens is 1. The Kier molecular flexibility index (Phi) is 4.75. The molecule has 0 saturated carbocycles. The SMILES string of the molecule is O=c1[nH]c(=O)n(C2CC(O)C(CO)O2)cc1/C=C/c1ccccc1. The lowest BCUT2D eigenvalue weighted by Crippen LogP contribution is -2.33. The van der Waals surface area contributed by atoms with Crippen LogP contribution < -0.4 is 11.2 Å². The maximum atomic E-state index is 12.0. The summed E-state index contributed by atoms with van der Waals surface area (Å²) in [6.45, 7) is -0.337. The second kappa shape index (κ2) is 6.96. The molecule has 1 aliphatic heterocycles. The van der Waals surface area contributed by atoms with Crippen LogP contribution in [-0.4, -0.2) is 38.6 Å². The van der Waals surface area contributed by atoms with Crippen LogP contribution in [-0.2, 0) is 4.74 Å². The van der Waals surface area contributed by atoms with Gasteiger partial charge in [-0.25, -0.2) is 4.79 Å². The van der Waals surface area contributed by atoms with Crippen LogP contribution in [0.5, 0.6) is 0 Å². The van der Waals surface area contributed by atoms with Gasteiger partial charge >= 0.3 is 5.69 Å². The van der Waals surface area contributed by atoms with Gasteiger partial charge in [0, 0.05) is 12.6 Å². The second-order valence-corrected chi connectivity index (χ2v) is 5.61. The molecular formula is C17H18N2O5. The maximum Gasteiger partial charge on any atom is 0.330 e. The summed E-state index contributed by atoms with van der Waals surface area (Å²) in [5.74, 6) is 0. The molecule has 1 aliphatic rings. The van der Waals surface area contributed by atoms with E-state index in [-0.39, 0.29) is 13.0 Å². The topological polar surface area (TPSA) is 105 Å². The molecule has 3 atom stereocenters. The van der Waals surface area contributed by atoms with Gasteiger partial charge < -0.3 is 14.9 Å². The Bertz CT molecular complexity index is 840. The van der Waals surface area contributed by atoms with Gasteiger partial charge in [-0.2, -0.15) is 0 Å². The smallest absolute Gasteiger partial charge is 0.330 e. The zero-order valence-electron chi connectivity index (χ0n) is 12.8. The number of nitrogens with zero attached hydrogens (tertiary/aromatic N) is 1. The van der Waals surface area contributed by atoms with Crippen LogP contribution in [0.2, 0.25) is 0 Å². The van der Waals surface area contributed by atoms with Crippen molar-refractivity contribution in [3.8, 4) is 0 Å². The minimum atomic E-state index is -0.859. The number of aromatic amines is 1. The Morgan fingerprint density at radius 3 is 2.67 bits per heavy atom. The number of aliphatic hydroxyl groups is 2. The van der Waals surface area contributed by atoms with Crippen LogP contribution in [0.1, 0.15) is 23.8 Å². The standard InChI is InChI=1S/C17H18N2O5/c20-10-14-13(21)8-15(24-14)19-9-12(16(22)18-17(19)23)7-6-11-4-2-1-3-5-11/h1-7,9,13-15,20-21H,8,10H2,(H,18,22,23)/b7-6+. The molecule has 126 valence electrons. The number of aromatic nitrogens is 2. The molecule has 3 N–H and O–H groups in total. The van der Waals surface area contributed by atoms with Crippen molar-refractivity contribution in [2.45, 2.75) is 24.9 Å². The van der Waals surface area contributed by atoms with Crippen LogP contribution in [0.25, 0.3) is 12.2 Å². The van der Waals surface area contributed by atoms with Crippen LogP contribution in [0.4, 0.5) is 0 Å². The van der Waals surface area contributed by atoms with E-state index < -0.39 is 29.7 Å². The predicted octanol–water partition coefficient (Wildman–Crippen LogP) is 0.348. The van der Waals surface area contributed by atoms with Gasteiger partial charge in [0.05, 0.1) is 18.3 Å². The molecule has 1 aromatic heterocycles. The molecule has 3 rings (SSSR count). The van der Waals surface area contributed by atoms with E-state index in [9.17, 15) is 14.7 Å². The molecule has 1 aromatic carbocycles. The monoisotopic (exact) mass is 330 g/mol. The molecule has 0 amide bonds. The average Bonchev–Trinajstić information content (AvgIpc) is 2.95. The van der Waals surface area contributed by atoms with Crippen molar-refractivity contribution >= 4 is 12.2 Å². The average molecular weight is 330 g/mol. The third-order valence-electron chi connectivity index (χ3n) is 3.94. The molecule has 0 bridgehead atoms. The highest BCUT2D eigenvalue weighted by Crippen LogP contribution is 2.27. The molecule has 2 heterocycles. The largest absolute Gasteiger partial charge is 0.394 e. The van der Waals surface area contributed by atoms with Crippen molar-refractivity contribution in [1.82, 2.24) is 9.55 Å². The number of hydrogen-bond acceptors (Lipinski definition) is 5. The van der Waals surface area contributed by atoms with Gasteiger partial charge in [-0.3, -0.25) is 14.3 Å². The molecule has 24 heavy (non-hydrogen) atoms. The minimum Gasteiger partial charge on any atom is -0.394 e. The van der Waals surface area contributed by atoms with E-state index in [4.69, 9.17) is 9.84 Å². The van der Waals surface area contributed by atoms with Gasteiger partial charge in [0.1, 0.15) is 12.3 Å². The van der Waals surface area contributed by atoms with Gasteiger partial charge in [-0.05, 0) is 11.6 Å². The van der Waals surface area contributed by atoms with Crippen LogP contribution in [0, 0.1) is 0 Å². The summed E-state index contributed by atoms with van der Waals surface area (Å²) in [6.07, 6.45) is 2.61. The zero-order valence-corrected chi connectivity index (χ0v) is 12.8. The molecule has 7 heteroatoms. The summed E-state index contributed by atoms with van der Waals surface area (Å²) in [5.41, 5.74) is 0.0971. The Labute approximate surface area is 137 Å². The lowest BCUT2D eigenvalue weighted by molar-refractivity contribution is -0.0459. The van der Waals surface area contributed by atoms with E-state index in [0.29, 0.717) is 5.56 Å². The molecule has 0 aliphatic carbocycles. The molecule has 0 spiro atoms. The fourth-order valence-electron chi connectivity index (χ4n) is 2.63. The van der Waals surface area contributed by atoms with Crippen molar-refractivity contribution in [2.24, 2.45) is 0 Å². The third-order valence-corrected chi connectivity index (χ3v) is 3.94. The first-order valence-electron chi connectivity index (χ1n) is 7.61. The minimum absolute atomic E-state index is 0.166. The van der Waals surface area contributed by atoms with Crippen molar-refractivity contribution in [2.75, 3.05) is 6.61 Å². The third kappa shape index (κ3) is 3.38. The van der Waals surface area contributed by atoms with Crippen LogP contribution in [0.15, 0.2) is 46.1 Å². The zero-order chi connectivity index (χ0) is 17.1. The normalized spacial score (nSPS) is 23.8. The quantitative estimate of drug-likeness (QED) is 0.750. The molecule has 2 aromatic rings. The Hall–Kier alpha value is -2.48. The maximum absolute atomic E-state index is 12.0. The predicted molar refractivity (Wildman–Crippen MR) is 88.3 cm³/mol. The highest BCUT2D eigenvalue weighted by atomic mass is 16.5. The number of rotatable bonds is 4. The fraction of sp³-hybridized carbons (Fsp3) is 0.294. The van der Waals surface area contributed by atoms with Gasteiger partial charge in [0.2, 0.25) is 0 Å².